The third-order valence-corrected chi connectivity index (χ3v) is 7.20. The predicted octanol–water partition coefficient (Wildman–Crippen LogP) is 1.89. The molecule has 116 valence electrons. The van der Waals surface area contributed by atoms with Gasteiger partial charge in [0.2, 0.25) is 0 Å². The number of ether oxygens (including phenoxy) is 3. The molecule has 5 aliphatic rings. The molecule has 6 rings (SSSR count). The molecule has 0 N–H and O–H groups in total. The van der Waals surface area contributed by atoms with Crippen molar-refractivity contribution in [3.8, 4) is 11.5 Å². The molecule has 1 unspecified atom stereocenters. The average molecular weight is 299 g/mol. The van der Waals surface area contributed by atoms with Gasteiger partial charge in [-0.2, -0.15) is 0 Å². The summed E-state index contributed by atoms with van der Waals surface area (Å²) >= 11 is 0. The Hall–Kier alpha value is -1.26. The van der Waals surface area contributed by atoms with Crippen molar-refractivity contribution >= 4 is 0 Å². The number of nitrogens with zero attached hydrogens (tertiary/aromatic N) is 1. The number of hydrogen-bond donors (Lipinski definition) is 0. The van der Waals surface area contributed by atoms with E-state index in [0.29, 0.717) is 6.04 Å². The van der Waals surface area contributed by atoms with E-state index in [-0.39, 0.29) is 23.2 Å². The summed E-state index contributed by atoms with van der Waals surface area (Å²) in [5.41, 5.74) is 2.94. The Kier molecular flexibility index (Phi) is 1.92. The first-order chi connectivity index (χ1) is 10.7. The zero-order valence-electron chi connectivity index (χ0n) is 13.1. The molecule has 1 aromatic rings. The molecular weight excluding hydrogens is 278 g/mol. The van der Waals surface area contributed by atoms with Gasteiger partial charge in [0.05, 0.1) is 24.2 Å². The van der Waals surface area contributed by atoms with Crippen LogP contribution in [-0.4, -0.2) is 49.5 Å². The number of methoxy groups -OCH3 is 1. The second-order valence-electron chi connectivity index (χ2n) is 7.68. The van der Waals surface area contributed by atoms with Crippen molar-refractivity contribution in [2.24, 2.45) is 0 Å². The van der Waals surface area contributed by atoms with Crippen LogP contribution in [0.2, 0.25) is 0 Å². The highest BCUT2D eigenvalue weighted by atomic mass is 16.6. The van der Waals surface area contributed by atoms with E-state index in [1.165, 1.54) is 17.5 Å². The van der Waals surface area contributed by atoms with E-state index in [0.717, 1.165) is 37.3 Å². The quantitative estimate of drug-likeness (QED) is 0.792. The maximum atomic E-state index is 6.67. The lowest BCUT2D eigenvalue weighted by molar-refractivity contribution is -0.115. The van der Waals surface area contributed by atoms with Gasteiger partial charge >= 0.3 is 0 Å². The molecule has 2 spiro atoms. The normalized spacial score (nSPS) is 46.5. The van der Waals surface area contributed by atoms with Gasteiger partial charge in [0.25, 0.3) is 0 Å². The van der Waals surface area contributed by atoms with Crippen molar-refractivity contribution in [3.63, 3.8) is 0 Å². The summed E-state index contributed by atoms with van der Waals surface area (Å²) in [6.07, 6.45) is 5.01. The summed E-state index contributed by atoms with van der Waals surface area (Å²) in [5, 5.41) is 0. The number of piperidine rings is 1. The van der Waals surface area contributed by atoms with Gasteiger partial charge in [-0.3, -0.25) is 0 Å². The fourth-order valence-electron chi connectivity index (χ4n) is 6.46. The minimum Gasteiger partial charge on any atom is -0.493 e. The molecule has 3 fully saturated rings. The fraction of sp³-hybridized carbons (Fsp3) is 0.667. The highest BCUT2D eigenvalue weighted by Crippen LogP contribution is 2.71. The molecule has 22 heavy (non-hydrogen) atoms. The van der Waals surface area contributed by atoms with E-state index in [4.69, 9.17) is 14.2 Å². The van der Waals surface area contributed by atoms with Crippen LogP contribution in [0, 0.1) is 0 Å². The maximum absolute atomic E-state index is 6.67. The van der Waals surface area contributed by atoms with Crippen LogP contribution < -0.4 is 9.47 Å². The minimum atomic E-state index is -0.0278. The van der Waals surface area contributed by atoms with E-state index in [1.807, 2.05) is 0 Å². The van der Waals surface area contributed by atoms with Crippen molar-refractivity contribution in [2.75, 3.05) is 20.7 Å². The third-order valence-electron chi connectivity index (χ3n) is 7.20. The molecule has 3 saturated heterocycles. The van der Waals surface area contributed by atoms with E-state index < -0.39 is 0 Å². The maximum Gasteiger partial charge on any atom is 0.166 e. The Morgan fingerprint density at radius 3 is 3.09 bits per heavy atom. The van der Waals surface area contributed by atoms with Crippen molar-refractivity contribution in [1.82, 2.24) is 4.90 Å². The molecule has 5 atom stereocenters. The summed E-state index contributed by atoms with van der Waals surface area (Å²) in [6.45, 7) is 1.14. The van der Waals surface area contributed by atoms with Crippen LogP contribution in [0.1, 0.15) is 30.4 Å². The lowest BCUT2D eigenvalue weighted by Gasteiger charge is -2.58. The molecule has 4 heterocycles. The highest BCUT2D eigenvalue weighted by Gasteiger charge is 2.79. The van der Waals surface area contributed by atoms with Crippen LogP contribution in [0.4, 0.5) is 0 Å². The van der Waals surface area contributed by atoms with E-state index in [9.17, 15) is 0 Å². The number of fused-ring (bicyclic) bond motifs is 2. The van der Waals surface area contributed by atoms with Gasteiger partial charge in [-0.05, 0) is 50.9 Å². The Morgan fingerprint density at radius 1 is 1.32 bits per heavy atom. The Balaban J connectivity index is 1.71. The topological polar surface area (TPSA) is 30.9 Å². The molecule has 0 saturated carbocycles. The van der Waals surface area contributed by atoms with Crippen LogP contribution in [0.3, 0.4) is 0 Å². The molecule has 4 aliphatic heterocycles. The molecule has 0 amide bonds. The summed E-state index contributed by atoms with van der Waals surface area (Å²) in [6, 6.07) is 4.84. The van der Waals surface area contributed by atoms with Gasteiger partial charge < -0.3 is 19.1 Å². The average Bonchev–Trinajstić information content (AvgIpc) is 3.16. The van der Waals surface area contributed by atoms with Crippen molar-refractivity contribution < 1.29 is 14.2 Å². The van der Waals surface area contributed by atoms with Gasteiger partial charge in [0.15, 0.2) is 11.5 Å². The molecule has 4 nitrogen and oxygen atoms in total. The summed E-state index contributed by atoms with van der Waals surface area (Å²) < 4.78 is 18.8. The van der Waals surface area contributed by atoms with E-state index >= 15 is 0 Å². The van der Waals surface area contributed by atoms with Crippen LogP contribution in [0.15, 0.2) is 12.1 Å². The lowest BCUT2D eigenvalue weighted by Crippen LogP contribution is -2.70. The Morgan fingerprint density at radius 2 is 2.23 bits per heavy atom. The number of benzene rings is 1. The molecule has 1 aromatic carbocycles. The van der Waals surface area contributed by atoms with Crippen LogP contribution >= 0.6 is 0 Å². The predicted molar refractivity (Wildman–Crippen MR) is 80.7 cm³/mol. The number of rotatable bonds is 1. The van der Waals surface area contributed by atoms with Gasteiger partial charge in [0.1, 0.15) is 6.10 Å². The Labute approximate surface area is 130 Å². The highest BCUT2D eigenvalue weighted by molar-refractivity contribution is 5.64. The molecular formula is C18H21NO3. The first kappa shape index (κ1) is 12.2. The number of likely N-dealkylation sites (N-methyl/N-ethyl adjacent to an activating group) is 1. The SMILES string of the molecule is COc1ccc2c3c1OC1[C@@H]4CC[C@]5(O4)[C@H](C2)N(C)CC[C@@]315. The summed E-state index contributed by atoms with van der Waals surface area (Å²) in [4.78, 5) is 2.53. The second-order valence-corrected chi connectivity index (χ2v) is 7.68. The molecule has 0 aromatic heterocycles. The summed E-state index contributed by atoms with van der Waals surface area (Å²) in [5.74, 6) is 1.92. The van der Waals surface area contributed by atoms with Crippen LogP contribution in [0.5, 0.6) is 11.5 Å². The molecule has 1 aliphatic carbocycles. The molecule has 4 bridgehead atoms. The number of likely N-dealkylation sites (tertiary alicyclic amines) is 1. The summed E-state index contributed by atoms with van der Waals surface area (Å²) in [7, 11) is 4.01. The first-order valence-electron chi connectivity index (χ1n) is 8.46. The van der Waals surface area contributed by atoms with Gasteiger partial charge in [0, 0.05) is 11.6 Å². The molecule has 0 radical (unpaired) electrons. The standard InChI is InChI=1S/C18H21NO3/c1-19-8-7-17-14-10-3-4-11(20-2)15(14)21-16(17)12-5-6-18(17,22-12)13(19)9-10/h3-4,12-13,16H,5-9H2,1-2H3/t12-,13-,16?,17+,18-/m0/s1. The van der Waals surface area contributed by atoms with Crippen molar-refractivity contribution in [3.05, 3.63) is 23.3 Å². The third kappa shape index (κ3) is 0.976. The Bertz CT molecular complexity index is 704. The van der Waals surface area contributed by atoms with Gasteiger partial charge in [-0.25, -0.2) is 0 Å². The van der Waals surface area contributed by atoms with E-state index in [1.54, 1.807) is 7.11 Å². The van der Waals surface area contributed by atoms with Crippen LogP contribution in [0.25, 0.3) is 0 Å². The lowest BCUT2D eigenvalue weighted by atomic mass is 9.51. The first-order valence-corrected chi connectivity index (χ1v) is 8.46. The van der Waals surface area contributed by atoms with Crippen molar-refractivity contribution in [1.29, 1.82) is 0 Å². The van der Waals surface area contributed by atoms with E-state index in [2.05, 4.69) is 24.1 Å². The molecule has 4 heteroatoms. The zero-order valence-corrected chi connectivity index (χ0v) is 13.1. The smallest absolute Gasteiger partial charge is 0.166 e. The van der Waals surface area contributed by atoms with Crippen molar-refractivity contribution in [2.45, 2.75) is 54.9 Å². The number of hydrogen-bond acceptors (Lipinski definition) is 4. The van der Waals surface area contributed by atoms with Crippen LogP contribution in [-0.2, 0) is 16.6 Å². The second kappa shape index (κ2) is 3.46. The monoisotopic (exact) mass is 299 g/mol. The minimum absolute atomic E-state index is 0.0278. The van der Waals surface area contributed by atoms with Gasteiger partial charge in [-0.1, -0.05) is 6.07 Å². The largest absolute Gasteiger partial charge is 0.493 e. The zero-order chi connectivity index (χ0) is 14.7. The fourth-order valence-corrected chi connectivity index (χ4v) is 6.46. The van der Waals surface area contributed by atoms with Gasteiger partial charge in [-0.15, -0.1) is 0 Å².